The lowest BCUT2D eigenvalue weighted by Gasteiger charge is -2.67. The lowest BCUT2D eigenvalue weighted by atomic mass is 9.40. The van der Waals surface area contributed by atoms with Crippen LogP contribution in [-0.2, 0) is 9.53 Å². The van der Waals surface area contributed by atoms with Crippen LogP contribution in [0.4, 0.5) is 4.79 Å². The predicted octanol–water partition coefficient (Wildman–Crippen LogP) is 0.593. The third-order valence-corrected chi connectivity index (χ3v) is 3.05. The van der Waals surface area contributed by atoms with Gasteiger partial charge in [0.25, 0.3) is 0 Å². The highest BCUT2D eigenvalue weighted by molar-refractivity contribution is 5.87. The van der Waals surface area contributed by atoms with Gasteiger partial charge < -0.3 is 10.5 Å². The first-order chi connectivity index (χ1) is 5.48. The van der Waals surface area contributed by atoms with Crippen molar-refractivity contribution < 1.29 is 14.3 Å². The largest absolute Gasteiger partial charge is 0.443 e. The lowest BCUT2D eigenvalue weighted by molar-refractivity contribution is -0.244. The summed E-state index contributed by atoms with van der Waals surface area (Å²) in [5.74, 6) is 0.206. The molecule has 12 heavy (non-hydrogen) atoms. The summed E-state index contributed by atoms with van der Waals surface area (Å²) in [6.45, 7) is 1.59. The van der Waals surface area contributed by atoms with Crippen LogP contribution >= 0.6 is 0 Å². The van der Waals surface area contributed by atoms with E-state index in [1.165, 1.54) is 0 Å². The van der Waals surface area contributed by atoms with E-state index in [0.717, 1.165) is 0 Å². The molecule has 0 aliphatic heterocycles. The van der Waals surface area contributed by atoms with E-state index in [0.29, 0.717) is 19.3 Å². The van der Waals surface area contributed by atoms with Gasteiger partial charge >= 0.3 is 6.09 Å². The summed E-state index contributed by atoms with van der Waals surface area (Å²) in [7, 11) is 0. The van der Waals surface area contributed by atoms with E-state index in [9.17, 15) is 9.59 Å². The zero-order chi connectivity index (χ0) is 8.98. The van der Waals surface area contributed by atoms with Crippen molar-refractivity contribution in [1.82, 2.24) is 0 Å². The number of nitrogens with two attached hydrogens (primary N) is 1. The highest BCUT2D eigenvalue weighted by Crippen LogP contribution is 2.69. The molecule has 4 nitrogen and oxygen atoms in total. The molecule has 0 radical (unpaired) electrons. The van der Waals surface area contributed by atoms with Gasteiger partial charge in [-0.15, -0.1) is 0 Å². The van der Waals surface area contributed by atoms with Gasteiger partial charge in [-0.05, 0) is 6.92 Å². The first kappa shape index (κ1) is 7.58. The van der Waals surface area contributed by atoms with Crippen LogP contribution < -0.4 is 5.73 Å². The van der Waals surface area contributed by atoms with Gasteiger partial charge in [0.15, 0.2) is 0 Å². The molecule has 4 heteroatoms. The van der Waals surface area contributed by atoms with Gasteiger partial charge in [-0.2, -0.15) is 0 Å². The summed E-state index contributed by atoms with van der Waals surface area (Å²) in [6.07, 6.45) is 1.31. The summed E-state index contributed by atoms with van der Waals surface area (Å²) in [6, 6.07) is 0. The smallest absolute Gasteiger partial charge is 0.405 e. The van der Waals surface area contributed by atoms with Crippen LogP contribution in [-0.4, -0.2) is 17.5 Å². The fourth-order valence-corrected chi connectivity index (χ4v) is 2.39. The average Bonchev–Trinajstić information content (AvgIpc) is 1.72. The van der Waals surface area contributed by atoms with Crippen LogP contribution in [0, 0.1) is 5.41 Å². The van der Waals surface area contributed by atoms with Gasteiger partial charge in [-0.25, -0.2) is 4.79 Å². The molecule has 0 aromatic carbocycles. The highest BCUT2D eigenvalue weighted by Gasteiger charge is 2.72. The second-order valence-electron chi connectivity index (χ2n) is 3.97. The monoisotopic (exact) mass is 169 g/mol. The van der Waals surface area contributed by atoms with Crippen molar-refractivity contribution in [2.24, 2.45) is 11.1 Å². The molecule has 0 spiro atoms. The van der Waals surface area contributed by atoms with Crippen LogP contribution in [0.2, 0.25) is 0 Å². The Hall–Kier alpha value is -1.06. The minimum Gasteiger partial charge on any atom is -0.443 e. The summed E-state index contributed by atoms with van der Waals surface area (Å²) < 4.78 is 4.90. The molecule has 2 N–H and O–H groups in total. The molecule has 3 saturated carbocycles. The second-order valence-corrected chi connectivity index (χ2v) is 3.97. The van der Waals surface area contributed by atoms with Gasteiger partial charge in [0, 0.05) is 24.7 Å². The number of rotatable bonds is 2. The first-order valence-corrected chi connectivity index (χ1v) is 3.98. The molecule has 0 saturated heterocycles. The van der Waals surface area contributed by atoms with Crippen LogP contribution in [0.25, 0.3) is 0 Å². The van der Waals surface area contributed by atoms with E-state index < -0.39 is 6.09 Å². The number of Topliss-reactive ketones (excluding diaryl/α,β-unsaturated/α-hetero) is 1. The Balaban J connectivity index is 1.95. The van der Waals surface area contributed by atoms with E-state index in [4.69, 9.17) is 10.5 Å². The van der Waals surface area contributed by atoms with E-state index in [1.54, 1.807) is 6.92 Å². The normalized spacial score (nSPS) is 42.4. The fraction of sp³-hybridized carbons (Fsp3) is 0.750. The Morgan fingerprint density at radius 3 is 2.17 bits per heavy atom. The number of hydrogen-bond donors (Lipinski definition) is 1. The van der Waals surface area contributed by atoms with Crippen molar-refractivity contribution in [3.05, 3.63) is 0 Å². The fourth-order valence-electron chi connectivity index (χ4n) is 2.39. The lowest BCUT2D eigenvalue weighted by Crippen LogP contribution is -2.71. The Bertz CT molecular complexity index is 252. The molecule has 0 heterocycles. The Kier molecular flexibility index (Phi) is 1.14. The van der Waals surface area contributed by atoms with E-state index in [1.807, 2.05) is 0 Å². The molecule has 0 atom stereocenters. The van der Waals surface area contributed by atoms with E-state index >= 15 is 0 Å². The van der Waals surface area contributed by atoms with E-state index in [-0.39, 0.29) is 16.8 Å². The second kappa shape index (κ2) is 1.81. The standard InChI is InChI=1S/C8H11NO3/c1-5(10)7-2-8(3-7,4-7)12-6(9)11/h2-4H2,1H3,(H2,9,11). The molecule has 3 fully saturated rings. The minimum atomic E-state index is -0.730. The maximum absolute atomic E-state index is 11.0. The summed E-state index contributed by atoms with van der Waals surface area (Å²) in [4.78, 5) is 21.5. The molecule has 2 bridgehead atoms. The van der Waals surface area contributed by atoms with E-state index in [2.05, 4.69) is 0 Å². The zero-order valence-corrected chi connectivity index (χ0v) is 6.92. The molecular formula is C8H11NO3. The minimum absolute atomic E-state index is 0.157. The highest BCUT2D eigenvalue weighted by atomic mass is 16.6. The number of hydrogen-bond acceptors (Lipinski definition) is 3. The Labute approximate surface area is 70.1 Å². The summed E-state index contributed by atoms with van der Waals surface area (Å²) in [5, 5.41) is 0. The molecule has 0 aromatic heterocycles. The van der Waals surface area contributed by atoms with Gasteiger partial charge in [0.05, 0.1) is 0 Å². The van der Waals surface area contributed by atoms with Gasteiger partial charge in [0.2, 0.25) is 0 Å². The molecule has 1 amide bonds. The van der Waals surface area contributed by atoms with Crippen molar-refractivity contribution in [2.75, 3.05) is 0 Å². The molecule has 0 unspecified atom stereocenters. The number of carbonyl (C=O) groups is 2. The molecule has 3 aliphatic carbocycles. The number of primary amides is 1. The van der Waals surface area contributed by atoms with Gasteiger partial charge in [-0.1, -0.05) is 0 Å². The number of ether oxygens (including phenoxy) is 1. The van der Waals surface area contributed by atoms with Crippen LogP contribution in [0.15, 0.2) is 0 Å². The summed E-state index contributed by atoms with van der Waals surface area (Å²) in [5.41, 5.74) is 4.36. The zero-order valence-electron chi connectivity index (χ0n) is 6.92. The summed E-state index contributed by atoms with van der Waals surface area (Å²) >= 11 is 0. The maximum Gasteiger partial charge on any atom is 0.405 e. The van der Waals surface area contributed by atoms with Crippen LogP contribution in [0.3, 0.4) is 0 Å². The van der Waals surface area contributed by atoms with Crippen molar-refractivity contribution in [1.29, 1.82) is 0 Å². The number of amides is 1. The van der Waals surface area contributed by atoms with Crippen LogP contribution in [0.5, 0.6) is 0 Å². The average molecular weight is 169 g/mol. The third kappa shape index (κ3) is 0.722. The molecule has 3 rings (SSSR count). The predicted molar refractivity (Wildman–Crippen MR) is 40.4 cm³/mol. The topological polar surface area (TPSA) is 69.4 Å². The Morgan fingerprint density at radius 2 is 1.83 bits per heavy atom. The molecule has 66 valence electrons. The maximum atomic E-state index is 11.0. The van der Waals surface area contributed by atoms with Gasteiger partial charge in [-0.3, -0.25) is 4.79 Å². The first-order valence-electron chi connectivity index (χ1n) is 3.98. The van der Waals surface area contributed by atoms with Crippen molar-refractivity contribution in [3.8, 4) is 0 Å². The SMILES string of the molecule is CC(=O)C12CC(OC(N)=O)(C1)C2. The number of ketones is 1. The molecule has 3 aliphatic rings. The van der Waals surface area contributed by atoms with Crippen molar-refractivity contribution in [3.63, 3.8) is 0 Å². The van der Waals surface area contributed by atoms with Gasteiger partial charge in [0.1, 0.15) is 11.4 Å². The van der Waals surface area contributed by atoms with Crippen molar-refractivity contribution in [2.45, 2.75) is 31.8 Å². The van der Waals surface area contributed by atoms with Crippen LogP contribution in [0.1, 0.15) is 26.2 Å². The third-order valence-electron chi connectivity index (χ3n) is 3.05. The Morgan fingerprint density at radius 1 is 1.33 bits per heavy atom. The number of carbonyl (C=O) groups excluding carboxylic acids is 2. The quantitative estimate of drug-likeness (QED) is 0.657. The van der Waals surface area contributed by atoms with Crippen molar-refractivity contribution >= 4 is 11.9 Å². The molecular weight excluding hydrogens is 158 g/mol. The molecule has 0 aromatic rings.